The van der Waals surface area contributed by atoms with Crippen LogP contribution in [0, 0.1) is 6.92 Å². The molecule has 0 amide bonds. The molecule has 7 heteroatoms. The maximum Gasteiger partial charge on any atom is 0.227 e. The van der Waals surface area contributed by atoms with E-state index in [0.29, 0.717) is 29.7 Å². The SMILES string of the molecule is C=CC(C)(O)CN(CCC)Cc1c(C)nn(-c2cccc(Cl)c2)c1Oc1ccc(OC)cc1. The van der Waals surface area contributed by atoms with Gasteiger partial charge in [-0.1, -0.05) is 30.7 Å². The molecule has 1 heterocycles. The molecule has 0 aliphatic carbocycles. The van der Waals surface area contributed by atoms with Crippen molar-refractivity contribution in [2.75, 3.05) is 20.2 Å². The zero-order valence-corrected chi connectivity index (χ0v) is 20.5. The number of benzene rings is 2. The molecule has 1 N–H and O–H groups in total. The van der Waals surface area contributed by atoms with E-state index in [1.165, 1.54) is 0 Å². The average Bonchev–Trinajstić information content (AvgIpc) is 3.09. The van der Waals surface area contributed by atoms with Gasteiger partial charge in [-0.15, -0.1) is 6.58 Å². The van der Waals surface area contributed by atoms with Crippen LogP contribution < -0.4 is 9.47 Å². The van der Waals surface area contributed by atoms with Crippen LogP contribution in [0.5, 0.6) is 17.4 Å². The number of hydrogen-bond acceptors (Lipinski definition) is 5. The molecule has 0 saturated carbocycles. The van der Waals surface area contributed by atoms with Crippen molar-refractivity contribution in [1.29, 1.82) is 0 Å². The molecule has 0 spiro atoms. The van der Waals surface area contributed by atoms with Crippen LogP contribution in [0.4, 0.5) is 0 Å². The van der Waals surface area contributed by atoms with Gasteiger partial charge in [0.2, 0.25) is 5.88 Å². The second kappa shape index (κ2) is 10.9. The molecular formula is C26H32ClN3O3. The molecular weight excluding hydrogens is 438 g/mol. The molecule has 3 aromatic rings. The minimum absolute atomic E-state index is 0.452. The van der Waals surface area contributed by atoms with Crippen molar-refractivity contribution in [3.8, 4) is 23.1 Å². The Balaban J connectivity index is 2.04. The van der Waals surface area contributed by atoms with E-state index in [2.05, 4.69) is 18.4 Å². The summed E-state index contributed by atoms with van der Waals surface area (Å²) in [5.74, 6) is 2.03. The Labute approximate surface area is 201 Å². The third-order valence-electron chi connectivity index (χ3n) is 5.37. The Kier molecular flexibility index (Phi) is 8.19. The summed E-state index contributed by atoms with van der Waals surface area (Å²) in [5.41, 5.74) is 1.60. The summed E-state index contributed by atoms with van der Waals surface area (Å²) >= 11 is 6.26. The van der Waals surface area contributed by atoms with E-state index in [1.54, 1.807) is 24.8 Å². The zero-order valence-electron chi connectivity index (χ0n) is 19.7. The first-order valence-corrected chi connectivity index (χ1v) is 11.4. The van der Waals surface area contributed by atoms with E-state index in [-0.39, 0.29) is 0 Å². The minimum atomic E-state index is -0.997. The largest absolute Gasteiger partial charge is 0.497 e. The highest BCUT2D eigenvalue weighted by atomic mass is 35.5. The van der Waals surface area contributed by atoms with Gasteiger partial charge in [0.05, 0.1) is 29.7 Å². The Morgan fingerprint density at radius 1 is 1.21 bits per heavy atom. The van der Waals surface area contributed by atoms with Crippen LogP contribution in [0.1, 0.15) is 31.5 Å². The first-order chi connectivity index (χ1) is 15.8. The quantitative estimate of drug-likeness (QED) is 0.360. The second-order valence-electron chi connectivity index (χ2n) is 8.31. The molecule has 0 aliphatic heterocycles. The fourth-order valence-electron chi connectivity index (χ4n) is 3.63. The van der Waals surface area contributed by atoms with Gasteiger partial charge in [0.15, 0.2) is 0 Å². The number of hydrogen-bond donors (Lipinski definition) is 1. The molecule has 1 atom stereocenters. The lowest BCUT2D eigenvalue weighted by atomic mass is 10.1. The van der Waals surface area contributed by atoms with Crippen molar-refractivity contribution in [1.82, 2.24) is 14.7 Å². The predicted molar refractivity (Wildman–Crippen MR) is 133 cm³/mol. The normalized spacial score (nSPS) is 13.1. The molecule has 6 nitrogen and oxygen atoms in total. The summed E-state index contributed by atoms with van der Waals surface area (Å²) in [6.07, 6.45) is 2.52. The molecule has 0 radical (unpaired) electrons. The van der Waals surface area contributed by atoms with Gasteiger partial charge < -0.3 is 14.6 Å². The van der Waals surface area contributed by atoms with E-state index in [0.717, 1.165) is 35.7 Å². The number of methoxy groups -OCH3 is 1. The molecule has 33 heavy (non-hydrogen) atoms. The van der Waals surface area contributed by atoms with Crippen LogP contribution in [0.25, 0.3) is 5.69 Å². The molecule has 1 aromatic heterocycles. The lowest BCUT2D eigenvalue weighted by Crippen LogP contribution is -2.39. The number of ether oxygens (including phenoxy) is 2. The zero-order chi connectivity index (χ0) is 24.0. The van der Waals surface area contributed by atoms with Crippen LogP contribution in [0.2, 0.25) is 5.02 Å². The van der Waals surface area contributed by atoms with Gasteiger partial charge in [-0.3, -0.25) is 4.90 Å². The number of aromatic nitrogens is 2. The third-order valence-corrected chi connectivity index (χ3v) is 5.60. The molecule has 176 valence electrons. The Morgan fingerprint density at radius 3 is 2.52 bits per heavy atom. The van der Waals surface area contributed by atoms with Crippen molar-refractivity contribution in [3.63, 3.8) is 0 Å². The number of rotatable bonds is 11. The second-order valence-corrected chi connectivity index (χ2v) is 8.75. The lowest BCUT2D eigenvalue weighted by molar-refractivity contribution is 0.0584. The molecule has 0 saturated heterocycles. The van der Waals surface area contributed by atoms with Gasteiger partial charge in [-0.2, -0.15) is 5.10 Å². The van der Waals surface area contributed by atoms with Gasteiger partial charge in [-0.05, 0) is 69.3 Å². The van der Waals surface area contributed by atoms with Gasteiger partial charge in [0, 0.05) is 18.1 Å². The summed E-state index contributed by atoms with van der Waals surface area (Å²) in [6.45, 7) is 11.4. The number of halogens is 1. The summed E-state index contributed by atoms with van der Waals surface area (Å²) in [4.78, 5) is 2.19. The first kappa shape index (κ1) is 24.8. The van der Waals surface area contributed by atoms with Crippen molar-refractivity contribution >= 4 is 11.6 Å². The monoisotopic (exact) mass is 469 g/mol. The van der Waals surface area contributed by atoms with Crippen molar-refractivity contribution in [2.24, 2.45) is 0 Å². The smallest absolute Gasteiger partial charge is 0.227 e. The molecule has 1 unspecified atom stereocenters. The molecule has 3 rings (SSSR count). The standard InChI is InChI=1S/C26H32ClN3O3/c1-6-15-29(18-26(4,31)7-2)17-24-19(3)28-30(21-10-8-9-20(27)16-21)25(24)33-23-13-11-22(32-5)12-14-23/h7-14,16,31H,2,6,15,17-18H2,1,3-5H3. The Hall–Kier alpha value is -2.80. The van der Waals surface area contributed by atoms with E-state index in [9.17, 15) is 5.11 Å². The van der Waals surface area contributed by atoms with Crippen LogP contribution in [-0.4, -0.2) is 45.6 Å². The predicted octanol–water partition coefficient (Wildman–Crippen LogP) is 5.78. The van der Waals surface area contributed by atoms with Crippen LogP contribution in [-0.2, 0) is 6.54 Å². The first-order valence-electron chi connectivity index (χ1n) is 11.0. The van der Waals surface area contributed by atoms with E-state index < -0.39 is 5.60 Å². The highest BCUT2D eigenvalue weighted by Gasteiger charge is 2.25. The van der Waals surface area contributed by atoms with E-state index >= 15 is 0 Å². The fourth-order valence-corrected chi connectivity index (χ4v) is 3.82. The maximum atomic E-state index is 10.6. The molecule has 0 aliphatic rings. The van der Waals surface area contributed by atoms with Gasteiger partial charge >= 0.3 is 0 Å². The average molecular weight is 470 g/mol. The molecule has 2 aromatic carbocycles. The minimum Gasteiger partial charge on any atom is -0.497 e. The summed E-state index contributed by atoms with van der Waals surface area (Å²) in [6, 6.07) is 14.9. The van der Waals surface area contributed by atoms with Crippen LogP contribution in [0.15, 0.2) is 61.2 Å². The fraction of sp³-hybridized carbons (Fsp3) is 0.346. The summed E-state index contributed by atoms with van der Waals surface area (Å²) < 4.78 is 13.4. The number of aliphatic hydroxyl groups is 1. The van der Waals surface area contributed by atoms with Crippen LogP contribution in [0.3, 0.4) is 0 Å². The number of aryl methyl sites for hydroxylation is 1. The molecule has 0 bridgehead atoms. The highest BCUT2D eigenvalue weighted by molar-refractivity contribution is 6.30. The van der Waals surface area contributed by atoms with Crippen LogP contribution >= 0.6 is 11.6 Å². The van der Waals surface area contributed by atoms with Crippen molar-refractivity contribution < 1.29 is 14.6 Å². The number of nitrogens with zero attached hydrogens (tertiary/aromatic N) is 3. The maximum absolute atomic E-state index is 10.6. The van der Waals surface area contributed by atoms with Crippen molar-refractivity contribution in [2.45, 2.75) is 39.3 Å². The highest BCUT2D eigenvalue weighted by Crippen LogP contribution is 2.33. The van der Waals surface area contributed by atoms with Gasteiger partial charge in [0.1, 0.15) is 11.5 Å². The Bertz CT molecular complexity index is 1080. The summed E-state index contributed by atoms with van der Waals surface area (Å²) in [7, 11) is 1.63. The van der Waals surface area contributed by atoms with Gasteiger partial charge in [-0.25, -0.2) is 4.68 Å². The molecule has 0 fully saturated rings. The Morgan fingerprint density at radius 2 is 1.91 bits per heavy atom. The topological polar surface area (TPSA) is 59.8 Å². The van der Waals surface area contributed by atoms with E-state index in [4.69, 9.17) is 26.2 Å². The third kappa shape index (κ3) is 6.38. The van der Waals surface area contributed by atoms with E-state index in [1.807, 2.05) is 55.5 Å². The summed E-state index contributed by atoms with van der Waals surface area (Å²) in [5, 5.41) is 16.0. The lowest BCUT2D eigenvalue weighted by Gasteiger charge is -2.29. The van der Waals surface area contributed by atoms with Gasteiger partial charge in [0.25, 0.3) is 0 Å². The van der Waals surface area contributed by atoms with Crippen molar-refractivity contribution in [3.05, 3.63) is 77.5 Å².